The third-order valence-electron chi connectivity index (χ3n) is 4.25. The normalized spacial score (nSPS) is 12.8. The van der Waals surface area contributed by atoms with E-state index < -0.39 is 0 Å². The zero-order valence-corrected chi connectivity index (χ0v) is 13.9. The molecule has 0 unspecified atom stereocenters. The smallest absolute Gasteiger partial charge is 0.0722 e. The Bertz CT molecular complexity index is 812. The zero-order chi connectivity index (χ0) is 16.1. The molecular weight excluding hydrogens is 278 g/mol. The second kappa shape index (κ2) is 7.23. The van der Waals surface area contributed by atoms with E-state index in [1.165, 1.54) is 27.5 Å². The van der Waals surface area contributed by atoms with E-state index in [1.54, 1.807) is 0 Å². The molecule has 3 aromatic carbocycles. The first-order valence-electron chi connectivity index (χ1n) is 8.29. The summed E-state index contributed by atoms with van der Waals surface area (Å²) >= 11 is 0. The Balaban J connectivity index is 1.67. The second-order valence-corrected chi connectivity index (χ2v) is 6.10. The average molecular weight is 301 g/mol. The highest BCUT2D eigenvalue weighted by atomic mass is 14.8. The van der Waals surface area contributed by atoms with Crippen molar-refractivity contribution in [2.24, 2.45) is 4.99 Å². The maximum Gasteiger partial charge on any atom is 0.0722 e. The third kappa shape index (κ3) is 3.87. The minimum absolute atomic E-state index is 0.193. The summed E-state index contributed by atoms with van der Waals surface area (Å²) < 4.78 is 0. The van der Waals surface area contributed by atoms with Gasteiger partial charge in [0, 0.05) is 0 Å². The molecule has 0 heterocycles. The van der Waals surface area contributed by atoms with Crippen molar-refractivity contribution < 1.29 is 0 Å². The van der Waals surface area contributed by atoms with Crippen LogP contribution in [0.1, 0.15) is 36.1 Å². The Labute approximate surface area is 138 Å². The summed E-state index contributed by atoms with van der Waals surface area (Å²) in [5, 5.41) is 2.59. The third-order valence-corrected chi connectivity index (χ3v) is 4.25. The molecule has 0 aliphatic carbocycles. The molecule has 3 rings (SSSR count). The molecule has 0 aliphatic rings. The van der Waals surface area contributed by atoms with Crippen LogP contribution in [0, 0.1) is 6.92 Å². The van der Waals surface area contributed by atoms with Crippen molar-refractivity contribution in [3.63, 3.8) is 0 Å². The van der Waals surface area contributed by atoms with Crippen molar-refractivity contribution in [1.82, 2.24) is 0 Å². The first-order chi connectivity index (χ1) is 11.2. The van der Waals surface area contributed by atoms with E-state index in [2.05, 4.69) is 86.8 Å². The summed E-state index contributed by atoms with van der Waals surface area (Å²) in [6, 6.07) is 23.9. The first-order valence-corrected chi connectivity index (χ1v) is 8.29. The Morgan fingerprint density at radius 2 is 1.74 bits per heavy atom. The summed E-state index contributed by atoms with van der Waals surface area (Å²) in [7, 11) is 0. The minimum Gasteiger partial charge on any atom is -0.290 e. The van der Waals surface area contributed by atoms with Gasteiger partial charge in [0.2, 0.25) is 0 Å². The van der Waals surface area contributed by atoms with Crippen LogP contribution >= 0.6 is 0 Å². The monoisotopic (exact) mass is 301 g/mol. The van der Waals surface area contributed by atoms with Crippen LogP contribution in [0.4, 0.5) is 0 Å². The summed E-state index contributed by atoms with van der Waals surface area (Å²) in [4.78, 5) is 4.76. The molecule has 0 saturated carbocycles. The van der Waals surface area contributed by atoms with E-state index >= 15 is 0 Å². The molecular formula is C22H23N. The molecule has 0 spiro atoms. The molecule has 1 atom stereocenters. The van der Waals surface area contributed by atoms with E-state index in [4.69, 9.17) is 4.99 Å². The molecule has 0 saturated heterocycles. The molecule has 0 bridgehead atoms. The van der Waals surface area contributed by atoms with Crippen LogP contribution in [0.25, 0.3) is 10.8 Å². The van der Waals surface area contributed by atoms with Gasteiger partial charge in [-0.1, -0.05) is 72.3 Å². The molecule has 0 fully saturated rings. The number of benzene rings is 3. The highest BCUT2D eigenvalue weighted by Crippen LogP contribution is 2.26. The Morgan fingerprint density at radius 3 is 2.61 bits per heavy atom. The maximum atomic E-state index is 4.76. The lowest BCUT2D eigenvalue weighted by molar-refractivity contribution is 0.826. The Hall–Kier alpha value is -2.41. The lowest BCUT2D eigenvalue weighted by atomic mass is 10.00. The predicted molar refractivity (Wildman–Crippen MR) is 100 cm³/mol. The number of aryl methyl sites for hydroxylation is 2. The van der Waals surface area contributed by atoms with Gasteiger partial charge in [-0.2, -0.15) is 0 Å². The number of hydrogen-bond acceptors (Lipinski definition) is 1. The minimum atomic E-state index is 0.193. The van der Waals surface area contributed by atoms with Crippen molar-refractivity contribution in [1.29, 1.82) is 0 Å². The standard InChI is InChI=1S/C22H23N/c1-17-8-5-9-19(16-17)10-7-15-23-18(2)21-14-6-12-20-11-3-4-13-22(20)21/h3-6,8-9,11-16,18H,7,10H2,1-2H3/b23-15+/t18-/m1/s1. The SMILES string of the molecule is Cc1cccc(CC/C=N/[C@H](C)c2cccc3ccccc23)c1. The van der Waals surface area contributed by atoms with Gasteiger partial charge in [-0.25, -0.2) is 0 Å². The van der Waals surface area contributed by atoms with Crippen LogP contribution in [0.5, 0.6) is 0 Å². The Kier molecular flexibility index (Phi) is 4.87. The number of nitrogens with zero attached hydrogens (tertiary/aromatic N) is 1. The van der Waals surface area contributed by atoms with Gasteiger partial charge >= 0.3 is 0 Å². The molecule has 0 aromatic heterocycles. The van der Waals surface area contributed by atoms with Gasteiger partial charge in [0.25, 0.3) is 0 Å². The second-order valence-electron chi connectivity index (χ2n) is 6.10. The van der Waals surface area contributed by atoms with Crippen molar-refractivity contribution >= 4 is 17.0 Å². The summed E-state index contributed by atoms with van der Waals surface area (Å²) in [5.41, 5.74) is 4.01. The van der Waals surface area contributed by atoms with Gasteiger partial charge in [0.15, 0.2) is 0 Å². The summed E-state index contributed by atoms with van der Waals surface area (Å²) in [6.45, 7) is 4.31. The van der Waals surface area contributed by atoms with Gasteiger partial charge in [-0.3, -0.25) is 4.99 Å². The molecule has 0 aliphatic heterocycles. The van der Waals surface area contributed by atoms with Gasteiger partial charge in [0.1, 0.15) is 0 Å². The van der Waals surface area contributed by atoms with Crippen LogP contribution in [0.15, 0.2) is 71.7 Å². The topological polar surface area (TPSA) is 12.4 Å². The lowest BCUT2D eigenvalue weighted by Crippen LogP contribution is -1.93. The van der Waals surface area contributed by atoms with Gasteiger partial charge in [0.05, 0.1) is 6.04 Å². The number of hydrogen-bond donors (Lipinski definition) is 0. The molecule has 1 nitrogen and oxygen atoms in total. The van der Waals surface area contributed by atoms with Crippen LogP contribution < -0.4 is 0 Å². The fourth-order valence-electron chi connectivity index (χ4n) is 3.03. The fourth-order valence-corrected chi connectivity index (χ4v) is 3.03. The maximum absolute atomic E-state index is 4.76. The van der Waals surface area contributed by atoms with E-state index in [9.17, 15) is 0 Å². The molecule has 23 heavy (non-hydrogen) atoms. The molecule has 0 N–H and O–H groups in total. The van der Waals surface area contributed by atoms with E-state index in [0.717, 1.165) is 12.8 Å². The van der Waals surface area contributed by atoms with E-state index in [-0.39, 0.29) is 6.04 Å². The van der Waals surface area contributed by atoms with Gasteiger partial charge < -0.3 is 0 Å². The average Bonchev–Trinajstić information content (AvgIpc) is 2.58. The summed E-state index contributed by atoms with van der Waals surface area (Å²) in [5.74, 6) is 0. The highest BCUT2D eigenvalue weighted by Gasteiger charge is 2.06. The van der Waals surface area contributed by atoms with Crippen molar-refractivity contribution in [3.8, 4) is 0 Å². The quantitative estimate of drug-likeness (QED) is 0.519. The van der Waals surface area contributed by atoms with Crippen LogP contribution in [-0.4, -0.2) is 6.21 Å². The van der Waals surface area contributed by atoms with Crippen LogP contribution in [0.3, 0.4) is 0 Å². The molecule has 116 valence electrons. The predicted octanol–water partition coefficient (Wildman–Crippen LogP) is 5.91. The summed E-state index contributed by atoms with van der Waals surface area (Å²) in [6.07, 6.45) is 4.11. The van der Waals surface area contributed by atoms with Crippen molar-refractivity contribution in [2.45, 2.75) is 32.7 Å². The molecule has 0 radical (unpaired) electrons. The zero-order valence-electron chi connectivity index (χ0n) is 13.9. The number of aliphatic imine (C=N–C) groups is 1. The van der Waals surface area contributed by atoms with Crippen molar-refractivity contribution in [2.75, 3.05) is 0 Å². The number of fused-ring (bicyclic) bond motifs is 1. The molecule has 0 amide bonds. The van der Waals surface area contributed by atoms with E-state index in [1.807, 2.05) is 0 Å². The van der Waals surface area contributed by atoms with Crippen LogP contribution in [-0.2, 0) is 6.42 Å². The van der Waals surface area contributed by atoms with Gasteiger partial charge in [-0.15, -0.1) is 0 Å². The largest absolute Gasteiger partial charge is 0.290 e. The van der Waals surface area contributed by atoms with Gasteiger partial charge in [-0.05, 0) is 54.8 Å². The van der Waals surface area contributed by atoms with E-state index in [0.29, 0.717) is 0 Å². The molecule has 3 aromatic rings. The van der Waals surface area contributed by atoms with Crippen LogP contribution in [0.2, 0.25) is 0 Å². The number of rotatable bonds is 5. The fraction of sp³-hybridized carbons (Fsp3) is 0.227. The Morgan fingerprint density at radius 1 is 0.957 bits per heavy atom. The molecule has 1 heteroatoms. The lowest BCUT2D eigenvalue weighted by Gasteiger charge is -2.10. The van der Waals surface area contributed by atoms with Crippen molar-refractivity contribution in [3.05, 3.63) is 83.4 Å². The highest BCUT2D eigenvalue weighted by molar-refractivity contribution is 5.86. The first kappa shape index (κ1) is 15.5.